The predicted octanol–water partition coefficient (Wildman–Crippen LogP) is 2.24. The fraction of sp³-hybridized carbons (Fsp3) is 0.562. The molecular weight excluding hydrogens is 254 g/mol. The van der Waals surface area contributed by atoms with E-state index in [1.807, 2.05) is 6.92 Å². The van der Waals surface area contributed by atoms with E-state index in [0.29, 0.717) is 0 Å². The number of likely N-dealkylation sites (tertiary alicyclic amines) is 1. The Morgan fingerprint density at radius 1 is 1.45 bits per heavy atom. The van der Waals surface area contributed by atoms with Crippen LogP contribution in [-0.2, 0) is 16.1 Å². The minimum atomic E-state index is -0.901. The van der Waals surface area contributed by atoms with E-state index in [2.05, 4.69) is 29.2 Å². The molecule has 2 fully saturated rings. The van der Waals surface area contributed by atoms with Gasteiger partial charge < -0.3 is 9.84 Å². The topological polar surface area (TPSA) is 49.8 Å². The van der Waals surface area contributed by atoms with Crippen LogP contribution >= 0.6 is 0 Å². The Balaban J connectivity index is 1.50. The van der Waals surface area contributed by atoms with Gasteiger partial charge in [0.25, 0.3) is 0 Å². The normalized spacial score (nSPS) is 21.4. The van der Waals surface area contributed by atoms with Crippen LogP contribution in [0.1, 0.15) is 36.8 Å². The van der Waals surface area contributed by atoms with Crippen LogP contribution in [-0.4, -0.2) is 41.3 Å². The molecule has 0 atom stereocenters. The van der Waals surface area contributed by atoms with Gasteiger partial charge >= 0.3 is 5.97 Å². The van der Waals surface area contributed by atoms with Gasteiger partial charge in [-0.2, -0.15) is 0 Å². The van der Waals surface area contributed by atoms with Crippen molar-refractivity contribution in [1.82, 2.24) is 4.90 Å². The molecule has 1 N–H and O–H groups in total. The maximum absolute atomic E-state index is 10.5. The zero-order valence-corrected chi connectivity index (χ0v) is 11.8. The first kappa shape index (κ1) is 13.6. The molecule has 1 aliphatic carbocycles. The minimum absolute atomic E-state index is 0.207. The number of carboxylic acids is 1. The van der Waals surface area contributed by atoms with E-state index in [4.69, 9.17) is 9.84 Å². The third kappa shape index (κ3) is 3.19. The average Bonchev–Trinajstić information content (AvgIpc) is 3.19. The molecule has 1 aromatic carbocycles. The summed E-state index contributed by atoms with van der Waals surface area (Å²) in [6, 6.07) is 8.84. The van der Waals surface area contributed by atoms with Crippen LogP contribution < -0.4 is 0 Å². The van der Waals surface area contributed by atoms with Crippen LogP contribution in [0.25, 0.3) is 0 Å². The molecule has 0 unspecified atom stereocenters. The summed E-state index contributed by atoms with van der Waals surface area (Å²) >= 11 is 0. The summed E-state index contributed by atoms with van der Waals surface area (Å²) in [5.41, 5.74) is 2.51. The highest BCUT2D eigenvalue weighted by Gasteiger charge is 2.40. The van der Waals surface area contributed by atoms with Gasteiger partial charge in [-0.25, -0.2) is 4.79 Å². The number of ether oxygens (including phenoxy) is 1. The smallest absolute Gasteiger partial charge is 0.329 e. The molecule has 1 saturated carbocycles. The van der Waals surface area contributed by atoms with E-state index >= 15 is 0 Å². The Hall–Kier alpha value is -1.39. The molecule has 1 aliphatic heterocycles. The first-order chi connectivity index (χ1) is 9.54. The minimum Gasteiger partial charge on any atom is -0.480 e. The van der Waals surface area contributed by atoms with Crippen molar-refractivity contribution in [1.29, 1.82) is 0 Å². The molecule has 2 aliphatic rings. The van der Waals surface area contributed by atoms with Crippen LogP contribution in [0, 0.1) is 0 Å². The summed E-state index contributed by atoms with van der Waals surface area (Å²) in [4.78, 5) is 12.8. The van der Waals surface area contributed by atoms with Gasteiger partial charge in [0.1, 0.15) is 6.61 Å². The first-order valence-electron chi connectivity index (χ1n) is 7.21. The van der Waals surface area contributed by atoms with Crippen LogP contribution in [0.15, 0.2) is 24.3 Å². The largest absolute Gasteiger partial charge is 0.480 e. The molecule has 20 heavy (non-hydrogen) atoms. The number of carbonyl (C=O) groups is 1. The molecule has 0 aromatic heterocycles. The standard InChI is InChI=1S/C16H21NO3/c1-16(20-9-15(18)19)10-17(11-16)8-12-3-2-4-14(7-12)13-5-6-13/h2-4,7,13H,5-6,8-11H2,1H3,(H,18,19). The van der Waals surface area contributed by atoms with E-state index in [1.165, 1.54) is 24.0 Å². The van der Waals surface area contributed by atoms with Crippen LogP contribution in [0.4, 0.5) is 0 Å². The zero-order valence-electron chi connectivity index (χ0n) is 11.8. The first-order valence-corrected chi connectivity index (χ1v) is 7.21. The number of rotatable bonds is 6. The fourth-order valence-corrected chi connectivity index (χ4v) is 2.96. The van der Waals surface area contributed by atoms with E-state index in [0.717, 1.165) is 25.6 Å². The quantitative estimate of drug-likeness (QED) is 0.865. The Kier molecular flexibility index (Phi) is 3.52. The van der Waals surface area contributed by atoms with E-state index < -0.39 is 5.97 Å². The monoisotopic (exact) mass is 275 g/mol. The Morgan fingerprint density at radius 2 is 2.20 bits per heavy atom. The molecule has 0 spiro atoms. The lowest BCUT2D eigenvalue weighted by Crippen LogP contribution is -2.61. The van der Waals surface area contributed by atoms with Crippen molar-refractivity contribution >= 4 is 5.97 Å². The van der Waals surface area contributed by atoms with Crippen LogP contribution in [0.2, 0.25) is 0 Å². The van der Waals surface area contributed by atoms with Gasteiger partial charge in [-0.3, -0.25) is 4.90 Å². The van der Waals surface area contributed by atoms with Crippen molar-refractivity contribution in [3.05, 3.63) is 35.4 Å². The molecule has 4 heteroatoms. The molecule has 0 amide bonds. The number of benzene rings is 1. The maximum atomic E-state index is 10.5. The van der Waals surface area contributed by atoms with Crippen LogP contribution in [0.5, 0.6) is 0 Å². The number of nitrogens with zero attached hydrogens (tertiary/aromatic N) is 1. The number of aliphatic carboxylic acids is 1. The third-order valence-corrected chi connectivity index (χ3v) is 4.07. The molecule has 0 bridgehead atoms. The molecule has 1 aromatic rings. The molecule has 3 rings (SSSR count). The SMILES string of the molecule is CC1(OCC(=O)O)CN(Cc2cccc(C3CC3)c2)C1. The second-order valence-corrected chi connectivity index (χ2v) is 6.30. The molecular formula is C16H21NO3. The zero-order chi connectivity index (χ0) is 14.2. The summed E-state index contributed by atoms with van der Waals surface area (Å²) in [6.45, 7) is 4.29. The molecule has 4 nitrogen and oxygen atoms in total. The lowest BCUT2D eigenvalue weighted by molar-refractivity contribution is -0.165. The van der Waals surface area contributed by atoms with Crippen molar-refractivity contribution in [3.63, 3.8) is 0 Å². The molecule has 1 heterocycles. The van der Waals surface area contributed by atoms with Gasteiger partial charge in [0.2, 0.25) is 0 Å². The average molecular weight is 275 g/mol. The lowest BCUT2D eigenvalue weighted by Gasteiger charge is -2.47. The van der Waals surface area contributed by atoms with E-state index in [-0.39, 0.29) is 12.2 Å². The summed E-state index contributed by atoms with van der Waals surface area (Å²) in [5.74, 6) is -0.114. The van der Waals surface area contributed by atoms with Gasteiger partial charge in [-0.15, -0.1) is 0 Å². The van der Waals surface area contributed by atoms with Gasteiger partial charge in [0, 0.05) is 19.6 Å². The van der Waals surface area contributed by atoms with Crippen molar-refractivity contribution < 1.29 is 14.6 Å². The third-order valence-electron chi connectivity index (χ3n) is 4.07. The maximum Gasteiger partial charge on any atom is 0.329 e. The van der Waals surface area contributed by atoms with Gasteiger partial charge in [-0.05, 0) is 36.8 Å². The van der Waals surface area contributed by atoms with Gasteiger partial charge in [-0.1, -0.05) is 24.3 Å². The molecule has 108 valence electrons. The summed E-state index contributed by atoms with van der Waals surface area (Å²) in [5, 5.41) is 8.65. The Morgan fingerprint density at radius 3 is 2.85 bits per heavy atom. The Bertz CT molecular complexity index is 504. The van der Waals surface area contributed by atoms with Crippen molar-refractivity contribution in [2.45, 2.75) is 37.8 Å². The Labute approximate surface area is 119 Å². The second-order valence-electron chi connectivity index (χ2n) is 6.30. The lowest BCUT2D eigenvalue weighted by atomic mass is 9.95. The number of carboxylic acid groups (broad SMARTS) is 1. The van der Waals surface area contributed by atoms with Gasteiger partial charge in [0.15, 0.2) is 0 Å². The summed E-state index contributed by atoms with van der Waals surface area (Å²) in [7, 11) is 0. The molecule has 1 saturated heterocycles. The van der Waals surface area contributed by atoms with Crippen LogP contribution in [0.3, 0.4) is 0 Å². The molecule has 0 radical (unpaired) electrons. The van der Waals surface area contributed by atoms with E-state index in [9.17, 15) is 4.79 Å². The highest BCUT2D eigenvalue weighted by atomic mass is 16.5. The highest BCUT2D eigenvalue weighted by Crippen LogP contribution is 2.40. The fourth-order valence-electron chi connectivity index (χ4n) is 2.96. The van der Waals surface area contributed by atoms with Crippen molar-refractivity contribution in [2.24, 2.45) is 0 Å². The summed E-state index contributed by atoms with van der Waals surface area (Å²) in [6.07, 6.45) is 2.66. The summed E-state index contributed by atoms with van der Waals surface area (Å²) < 4.78 is 5.43. The van der Waals surface area contributed by atoms with Gasteiger partial charge in [0.05, 0.1) is 5.60 Å². The highest BCUT2D eigenvalue weighted by molar-refractivity contribution is 5.68. The van der Waals surface area contributed by atoms with Crippen molar-refractivity contribution in [2.75, 3.05) is 19.7 Å². The number of hydrogen-bond donors (Lipinski definition) is 1. The predicted molar refractivity (Wildman–Crippen MR) is 75.7 cm³/mol. The second kappa shape index (κ2) is 5.19. The van der Waals surface area contributed by atoms with Crippen molar-refractivity contribution in [3.8, 4) is 0 Å². The number of hydrogen-bond acceptors (Lipinski definition) is 3. The van der Waals surface area contributed by atoms with E-state index in [1.54, 1.807) is 0 Å².